The maximum atomic E-state index is 13.4. The van der Waals surface area contributed by atoms with Crippen LogP contribution >= 0.6 is 11.6 Å². The highest BCUT2D eigenvalue weighted by Gasteiger charge is 2.46. The molecule has 0 aliphatic carbocycles. The summed E-state index contributed by atoms with van der Waals surface area (Å²) in [4.78, 5) is 28.1. The first-order valence-corrected chi connectivity index (χ1v) is 11.5. The van der Waals surface area contributed by atoms with E-state index in [0.717, 1.165) is 16.3 Å². The number of halogens is 1. The minimum Gasteiger partial charge on any atom is -0.507 e. The Labute approximate surface area is 208 Å². The molecule has 1 amide bonds. The summed E-state index contributed by atoms with van der Waals surface area (Å²) in [7, 11) is 4.46. The van der Waals surface area contributed by atoms with E-state index < -0.39 is 17.7 Å². The summed E-state index contributed by atoms with van der Waals surface area (Å²) < 4.78 is 15.9. The van der Waals surface area contributed by atoms with Crippen LogP contribution in [0.4, 0.5) is 0 Å². The van der Waals surface area contributed by atoms with E-state index >= 15 is 0 Å². The molecule has 35 heavy (non-hydrogen) atoms. The predicted molar refractivity (Wildman–Crippen MR) is 134 cm³/mol. The third-order valence-electron chi connectivity index (χ3n) is 6.13. The smallest absolute Gasteiger partial charge is 0.295 e. The van der Waals surface area contributed by atoms with Gasteiger partial charge in [-0.25, -0.2) is 0 Å². The highest BCUT2D eigenvalue weighted by Crippen LogP contribution is 2.44. The minimum atomic E-state index is -0.802. The number of aliphatic hydroxyl groups is 1. The Morgan fingerprint density at radius 3 is 2.43 bits per heavy atom. The third kappa shape index (κ3) is 4.45. The number of rotatable bonds is 8. The Morgan fingerprint density at radius 2 is 1.71 bits per heavy atom. The quantitative estimate of drug-likeness (QED) is 0.205. The summed E-state index contributed by atoms with van der Waals surface area (Å²) in [6.07, 6.45) is 0.531. The Morgan fingerprint density at radius 1 is 1.00 bits per heavy atom. The number of benzene rings is 3. The molecule has 0 bridgehead atoms. The summed E-state index contributed by atoms with van der Waals surface area (Å²) in [5, 5.41) is 13.6. The first-order valence-electron chi connectivity index (χ1n) is 11.1. The number of ether oxygens (including phenoxy) is 3. The van der Waals surface area contributed by atoms with Crippen molar-refractivity contribution in [1.29, 1.82) is 0 Å². The molecule has 0 saturated carbocycles. The fraction of sp³-hybridized carbons (Fsp3) is 0.259. The van der Waals surface area contributed by atoms with E-state index in [4.69, 9.17) is 25.8 Å². The molecule has 1 atom stereocenters. The van der Waals surface area contributed by atoms with Crippen molar-refractivity contribution in [3.63, 3.8) is 0 Å². The average Bonchev–Trinajstić information content (AvgIpc) is 3.12. The molecular weight excluding hydrogens is 470 g/mol. The maximum absolute atomic E-state index is 13.4. The van der Waals surface area contributed by atoms with Gasteiger partial charge in [-0.15, -0.1) is 0 Å². The Balaban J connectivity index is 1.98. The van der Waals surface area contributed by atoms with Gasteiger partial charge in [-0.05, 0) is 28.8 Å². The van der Waals surface area contributed by atoms with E-state index in [2.05, 4.69) is 0 Å². The molecule has 1 aliphatic heterocycles. The topological polar surface area (TPSA) is 85.3 Å². The van der Waals surface area contributed by atoms with E-state index in [9.17, 15) is 14.7 Å². The first kappa shape index (κ1) is 24.6. The lowest BCUT2D eigenvalue weighted by Gasteiger charge is -2.26. The van der Waals surface area contributed by atoms with Crippen molar-refractivity contribution in [2.45, 2.75) is 12.5 Å². The zero-order valence-corrected chi connectivity index (χ0v) is 20.5. The number of nitrogens with zero attached hydrogens (tertiary/aromatic N) is 1. The second kappa shape index (κ2) is 10.4. The van der Waals surface area contributed by atoms with E-state index in [0.29, 0.717) is 18.8 Å². The molecule has 1 aliphatic rings. The van der Waals surface area contributed by atoms with Crippen LogP contribution in [0, 0.1) is 0 Å². The highest BCUT2D eigenvalue weighted by molar-refractivity contribution is 6.46. The lowest BCUT2D eigenvalue weighted by molar-refractivity contribution is -0.140. The number of fused-ring (bicyclic) bond motifs is 1. The van der Waals surface area contributed by atoms with Crippen molar-refractivity contribution >= 4 is 39.8 Å². The molecule has 1 N–H and O–H groups in total. The summed E-state index contributed by atoms with van der Waals surface area (Å²) in [5.41, 5.74) is 0.918. The lowest BCUT2D eigenvalue weighted by Crippen LogP contribution is -2.31. The van der Waals surface area contributed by atoms with Gasteiger partial charge >= 0.3 is 0 Å². The monoisotopic (exact) mass is 495 g/mol. The largest absolute Gasteiger partial charge is 0.507 e. The van der Waals surface area contributed by atoms with E-state index in [1.165, 1.54) is 31.3 Å². The molecule has 0 radical (unpaired) electrons. The number of carbonyl (C=O) groups excluding carboxylic acids is 2. The zero-order valence-electron chi connectivity index (χ0n) is 19.7. The highest BCUT2D eigenvalue weighted by atomic mass is 35.5. The van der Waals surface area contributed by atoms with E-state index in [1.54, 1.807) is 7.11 Å². The molecule has 182 valence electrons. The molecular formula is C27H26ClNO6. The van der Waals surface area contributed by atoms with E-state index in [1.807, 2.05) is 42.5 Å². The lowest BCUT2D eigenvalue weighted by atomic mass is 9.91. The molecule has 3 aromatic rings. The number of amides is 1. The number of hydrogen-bond acceptors (Lipinski definition) is 6. The van der Waals surface area contributed by atoms with Gasteiger partial charge in [0.1, 0.15) is 17.3 Å². The summed E-state index contributed by atoms with van der Waals surface area (Å²) in [6, 6.07) is 15.6. The molecule has 4 rings (SSSR count). The fourth-order valence-electron chi connectivity index (χ4n) is 4.49. The standard InChI is InChI=1S/C27H26ClNO6/c1-33-13-7-12-29-24(18-11-6-9-16-8-4-5-10-17(16)18)23(26(31)27(29)32)25(30)19-14-22(35-3)20(28)15-21(19)34-2/h4-6,8-11,14-15,24,30H,7,12-13H2,1-3H3/b25-23+. The molecule has 8 heteroatoms. The normalized spacial score (nSPS) is 17.3. The van der Waals surface area contributed by atoms with Crippen molar-refractivity contribution in [1.82, 2.24) is 4.90 Å². The van der Waals surface area contributed by atoms with Crippen LogP contribution in [0.3, 0.4) is 0 Å². The van der Waals surface area contributed by atoms with Crippen LogP contribution in [-0.4, -0.2) is 56.2 Å². The molecule has 1 fully saturated rings. The van der Waals surface area contributed by atoms with Gasteiger partial charge in [0.15, 0.2) is 0 Å². The van der Waals surface area contributed by atoms with Crippen molar-refractivity contribution in [2.24, 2.45) is 0 Å². The van der Waals surface area contributed by atoms with Gasteiger partial charge in [0.2, 0.25) is 0 Å². The molecule has 1 unspecified atom stereocenters. The average molecular weight is 496 g/mol. The first-order chi connectivity index (χ1) is 16.9. The van der Waals surface area contributed by atoms with Gasteiger partial charge < -0.3 is 24.2 Å². The van der Waals surface area contributed by atoms with E-state index in [-0.39, 0.29) is 34.2 Å². The van der Waals surface area contributed by atoms with Crippen LogP contribution in [0.1, 0.15) is 23.6 Å². The van der Waals surface area contributed by atoms with Gasteiger partial charge in [-0.2, -0.15) is 0 Å². The number of hydrogen-bond donors (Lipinski definition) is 1. The summed E-state index contributed by atoms with van der Waals surface area (Å²) in [6.45, 7) is 0.706. The molecule has 0 aromatic heterocycles. The minimum absolute atomic E-state index is 0.0218. The Kier molecular flexibility index (Phi) is 7.28. The van der Waals surface area contributed by atoms with Crippen molar-refractivity contribution < 1.29 is 28.9 Å². The summed E-state index contributed by atoms with van der Waals surface area (Å²) in [5.74, 6) is -1.27. The van der Waals surface area contributed by atoms with Crippen LogP contribution in [0.5, 0.6) is 11.5 Å². The molecule has 1 heterocycles. The number of aliphatic hydroxyl groups excluding tert-OH is 1. The third-order valence-corrected chi connectivity index (χ3v) is 6.43. The Hall–Kier alpha value is -3.55. The molecule has 0 spiro atoms. The number of ketones is 1. The van der Waals surface area contributed by atoms with Crippen molar-refractivity contribution in [3.05, 3.63) is 76.3 Å². The van der Waals surface area contributed by atoms with Crippen LogP contribution < -0.4 is 9.47 Å². The fourth-order valence-corrected chi connectivity index (χ4v) is 4.72. The number of Topliss-reactive ketones (excluding diaryl/α,β-unsaturated/α-hetero) is 1. The van der Waals surface area contributed by atoms with Crippen molar-refractivity contribution in [3.8, 4) is 11.5 Å². The summed E-state index contributed by atoms with van der Waals surface area (Å²) >= 11 is 6.24. The molecule has 3 aromatic carbocycles. The van der Waals surface area contributed by atoms with Crippen LogP contribution in [0.25, 0.3) is 16.5 Å². The van der Waals surface area contributed by atoms with Crippen molar-refractivity contribution in [2.75, 3.05) is 34.5 Å². The van der Waals surface area contributed by atoms with Gasteiger partial charge in [0.05, 0.1) is 36.4 Å². The SMILES string of the molecule is COCCCN1C(=O)C(=O)/C(=C(/O)c2cc(OC)c(Cl)cc2OC)C1c1cccc2ccccc12. The Bertz CT molecular complexity index is 1310. The second-order valence-electron chi connectivity index (χ2n) is 8.09. The second-order valence-corrected chi connectivity index (χ2v) is 8.50. The maximum Gasteiger partial charge on any atom is 0.295 e. The van der Waals surface area contributed by atoms with Gasteiger partial charge in [-0.1, -0.05) is 54.1 Å². The number of methoxy groups -OCH3 is 3. The predicted octanol–water partition coefficient (Wildman–Crippen LogP) is 4.97. The molecule has 7 nitrogen and oxygen atoms in total. The van der Waals surface area contributed by atoms with Crippen LogP contribution in [-0.2, 0) is 14.3 Å². The van der Waals surface area contributed by atoms with Crippen LogP contribution in [0.2, 0.25) is 5.02 Å². The van der Waals surface area contributed by atoms with Crippen LogP contribution in [0.15, 0.2) is 60.2 Å². The van der Waals surface area contributed by atoms with Gasteiger partial charge in [0.25, 0.3) is 11.7 Å². The number of carbonyl (C=O) groups is 2. The van der Waals surface area contributed by atoms with Gasteiger partial charge in [0, 0.05) is 26.3 Å². The molecule has 1 saturated heterocycles. The zero-order chi connectivity index (χ0) is 25.1. The number of likely N-dealkylation sites (tertiary alicyclic amines) is 1. The van der Waals surface area contributed by atoms with Gasteiger partial charge in [-0.3, -0.25) is 9.59 Å².